The van der Waals surface area contributed by atoms with Crippen LogP contribution in [-0.4, -0.2) is 40.3 Å². The molecule has 0 radical (unpaired) electrons. The van der Waals surface area contributed by atoms with Crippen LogP contribution in [-0.2, 0) is 14.3 Å². The molecule has 1 aliphatic carbocycles. The quantitative estimate of drug-likeness (QED) is 0.389. The maximum absolute atomic E-state index is 11.9. The SMILES string of the molecule is C=C1CCC(=O)C(=C)[C@@H](O)C[C@@H]2[C@H](OC(=O)[C@H]2C)[C@@H]1O. The molecule has 0 amide bonds. The first-order valence-corrected chi connectivity index (χ1v) is 6.79. The van der Waals surface area contributed by atoms with Crippen LogP contribution in [0.25, 0.3) is 0 Å². The van der Waals surface area contributed by atoms with E-state index in [9.17, 15) is 19.8 Å². The number of rotatable bonds is 0. The molecule has 0 aromatic rings. The van der Waals surface area contributed by atoms with E-state index in [1.54, 1.807) is 6.92 Å². The summed E-state index contributed by atoms with van der Waals surface area (Å²) in [5, 5.41) is 20.3. The predicted molar refractivity (Wildman–Crippen MR) is 71.7 cm³/mol. The van der Waals surface area contributed by atoms with Crippen molar-refractivity contribution in [2.24, 2.45) is 11.8 Å². The van der Waals surface area contributed by atoms with Crippen LogP contribution in [0.15, 0.2) is 24.3 Å². The lowest BCUT2D eigenvalue weighted by Gasteiger charge is -2.29. The smallest absolute Gasteiger partial charge is 0.309 e. The summed E-state index contributed by atoms with van der Waals surface area (Å²) in [6.45, 7) is 9.11. The average molecular weight is 280 g/mol. The van der Waals surface area contributed by atoms with Crippen molar-refractivity contribution in [3.05, 3.63) is 24.3 Å². The number of esters is 1. The standard InChI is InChI=1S/C15H20O5/c1-7-4-5-11(16)9(3)12(17)6-10-8(2)15(19)20-14(10)13(7)18/h8,10,12-14,17-18H,1,3-6H2,2H3/t8-,10-,12-,13+,14-/m0/s1. The van der Waals surface area contributed by atoms with Gasteiger partial charge < -0.3 is 14.9 Å². The average Bonchev–Trinajstić information content (AvgIpc) is 2.69. The summed E-state index contributed by atoms with van der Waals surface area (Å²) in [5.74, 6) is -1.41. The molecule has 1 saturated heterocycles. The summed E-state index contributed by atoms with van der Waals surface area (Å²) >= 11 is 0. The largest absolute Gasteiger partial charge is 0.459 e. The van der Waals surface area contributed by atoms with Gasteiger partial charge in [-0.05, 0) is 18.4 Å². The van der Waals surface area contributed by atoms with Crippen LogP contribution in [0, 0.1) is 11.8 Å². The van der Waals surface area contributed by atoms with Crippen molar-refractivity contribution in [2.75, 3.05) is 0 Å². The number of Topliss-reactive ketones (excluding diaryl/α,β-unsaturated/α-hetero) is 1. The first kappa shape index (κ1) is 14.9. The number of aliphatic hydroxyl groups excluding tert-OH is 2. The molecule has 5 heteroatoms. The van der Waals surface area contributed by atoms with Crippen LogP contribution in [0.4, 0.5) is 0 Å². The molecule has 2 N–H and O–H groups in total. The second kappa shape index (κ2) is 5.50. The highest BCUT2D eigenvalue weighted by atomic mass is 16.6. The Bertz CT molecular complexity index is 467. The van der Waals surface area contributed by atoms with Gasteiger partial charge in [-0.25, -0.2) is 0 Å². The zero-order valence-electron chi connectivity index (χ0n) is 11.5. The molecule has 110 valence electrons. The Morgan fingerprint density at radius 3 is 2.50 bits per heavy atom. The fourth-order valence-corrected chi connectivity index (χ4v) is 2.83. The predicted octanol–water partition coefficient (Wildman–Crippen LogP) is 0.751. The number of ketones is 1. The van der Waals surface area contributed by atoms with Crippen molar-refractivity contribution in [2.45, 2.75) is 44.5 Å². The van der Waals surface area contributed by atoms with E-state index in [4.69, 9.17) is 4.74 Å². The van der Waals surface area contributed by atoms with E-state index in [2.05, 4.69) is 13.2 Å². The van der Waals surface area contributed by atoms with Gasteiger partial charge in [-0.1, -0.05) is 20.1 Å². The summed E-state index contributed by atoms with van der Waals surface area (Å²) in [7, 11) is 0. The van der Waals surface area contributed by atoms with E-state index in [0.717, 1.165) is 0 Å². The fourth-order valence-electron chi connectivity index (χ4n) is 2.83. The molecule has 2 fully saturated rings. The maximum Gasteiger partial charge on any atom is 0.309 e. The third-order valence-electron chi connectivity index (χ3n) is 4.35. The van der Waals surface area contributed by atoms with Crippen LogP contribution in [0.1, 0.15) is 26.2 Å². The van der Waals surface area contributed by atoms with Gasteiger partial charge in [0.2, 0.25) is 0 Å². The first-order valence-electron chi connectivity index (χ1n) is 6.79. The first-order chi connectivity index (χ1) is 9.32. The third kappa shape index (κ3) is 2.55. The molecule has 0 unspecified atom stereocenters. The fraction of sp³-hybridized carbons (Fsp3) is 0.600. The Balaban J connectivity index is 2.31. The Morgan fingerprint density at radius 2 is 1.85 bits per heavy atom. The molecule has 20 heavy (non-hydrogen) atoms. The van der Waals surface area contributed by atoms with Gasteiger partial charge in [-0.15, -0.1) is 0 Å². The van der Waals surface area contributed by atoms with Crippen LogP contribution in [0.3, 0.4) is 0 Å². The topological polar surface area (TPSA) is 83.8 Å². The number of fused-ring (bicyclic) bond motifs is 1. The molecule has 2 rings (SSSR count). The maximum atomic E-state index is 11.9. The van der Waals surface area contributed by atoms with E-state index in [0.29, 0.717) is 12.0 Å². The Labute approximate surface area is 117 Å². The van der Waals surface area contributed by atoms with Gasteiger partial charge in [-0.2, -0.15) is 0 Å². The number of ether oxygens (including phenoxy) is 1. The third-order valence-corrected chi connectivity index (χ3v) is 4.35. The van der Waals surface area contributed by atoms with Gasteiger partial charge in [0.25, 0.3) is 0 Å². The summed E-state index contributed by atoms with van der Waals surface area (Å²) in [6, 6.07) is 0. The summed E-state index contributed by atoms with van der Waals surface area (Å²) in [5.41, 5.74) is 0.624. The molecule has 2 aliphatic rings. The molecule has 1 aliphatic heterocycles. The number of aliphatic hydroxyl groups is 2. The Hall–Kier alpha value is -1.46. The van der Waals surface area contributed by atoms with E-state index < -0.39 is 30.2 Å². The molecule has 5 nitrogen and oxygen atoms in total. The Morgan fingerprint density at radius 1 is 1.20 bits per heavy atom. The minimum atomic E-state index is -1.01. The molecule has 0 bridgehead atoms. The summed E-state index contributed by atoms with van der Waals surface area (Å²) in [6.07, 6.45) is -2.11. The van der Waals surface area contributed by atoms with Gasteiger partial charge in [0.05, 0.1) is 12.0 Å². The van der Waals surface area contributed by atoms with Crippen LogP contribution < -0.4 is 0 Å². The van der Waals surface area contributed by atoms with Gasteiger partial charge in [-0.3, -0.25) is 9.59 Å². The van der Waals surface area contributed by atoms with Crippen LogP contribution >= 0.6 is 0 Å². The van der Waals surface area contributed by atoms with Crippen LogP contribution in [0.5, 0.6) is 0 Å². The Kier molecular flexibility index (Phi) is 4.11. The van der Waals surface area contributed by atoms with E-state index in [1.165, 1.54) is 0 Å². The normalized spacial score (nSPS) is 39.5. The lowest BCUT2D eigenvalue weighted by molar-refractivity contribution is -0.147. The molecule has 0 aromatic heterocycles. The molecule has 5 atom stereocenters. The van der Waals surface area contributed by atoms with E-state index in [-0.39, 0.29) is 30.1 Å². The van der Waals surface area contributed by atoms with Gasteiger partial charge in [0, 0.05) is 17.9 Å². The lowest BCUT2D eigenvalue weighted by atomic mass is 9.79. The number of hydrogen-bond donors (Lipinski definition) is 2. The monoisotopic (exact) mass is 280 g/mol. The van der Waals surface area contributed by atoms with E-state index in [1.807, 2.05) is 0 Å². The molecule has 1 saturated carbocycles. The van der Waals surface area contributed by atoms with Crippen molar-refractivity contribution in [3.63, 3.8) is 0 Å². The van der Waals surface area contributed by atoms with Gasteiger partial charge >= 0.3 is 5.97 Å². The zero-order chi connectivity index (χ0) is 15.0. The van der Waals surface area contributed by atoms with Gasteiger partial charge in [0.15, 0.2) is 5.78 Å². The van der Waals surface area contributed by atoms with Crippen molar-refractivity contribution in [1.82, 2.24) is 0 Å². The minimum absolute atomic E-state index is 0.146. The number of carbonyl (C=O) groups is 2. The van der Waals surface area contributed by atoms with Crippen molar-refractivity contribution < 1.29 is 24.5 Å². The summed E-state index contributed by atoms with van der Waals surface area (Å²) < 4.78 is 5.23. The van der Waals surface area contributed by atoms with Gasteiger partial charge in [0.1, 0.15) is 12.2 Å². The summed E-state index contributed by atoms with van der Waals surface area (Å²) in [4.78, 5) is 23.6. The molecular weight excluding hydrogens is 260 g/mol. The number of carbonyl (C=O) groups excluding carboxylic acids is 2. The van der Waals surface area contributed by atoms with Crippen molar-refractivity contribution in [1.29, 1.82) is 0 Å². The van der Waals surface area contributed by atoms with Crippen molar-refractivity contribution >= 4 is 11.8 Å². The minimum Gasteiger partial charge on any atom is -0.459 e. The van der Waals surface area contributed by atoms with Crippen LogP contribution in [0.2, 0.25) is 0 Å². The second-order valence-corrected chi connectivity index (χ2v) is 5.66. The zero-order valence-corrected chi connectivity index (χ0v) is 11.5. The number of hydrogen-bond acceptors (Lipinski definition) is 5. The molecular formula is C15H20O5. The van der Waals surface area contributed by atoms with E-state index >= 15 is 0 Å². The highest BCUT2D eigenvalue weighted by molar-refractivity contribution is 5.95. The lowest BCUT2D eigenvalue weighted by Crippen LogP contribution is -2.37. The molecule has 0 aromatic carbocycles. The highest BCUT2D eigenvalue weighted by Crippen LogP contribution is 2.37. The molecule has 1 heterocycles. The van der Waals surface area contributed by atoms with Crippen molar-refractivity contribution in [3.8, 4) is 0 Å². The molecule has 0 spiro atoms. The second-order valence-electron chi connectivity index (χ2n) is 5.66. The highest BCUT2D eigenvalue weighted by Gasteiger charge is 2.47.